The Labute approximate surface area is 105 Å². The number of ketones is 1. The zero-order valence-corrected chi connectivity index (χ0v) is 10.0. The zero-order chi connectivity index (χ0) is 13.0. The molecule has 0 saturated heterocycles. The number of nitrogens with one attached hydrogen (secondary N) is 1. The predicted molar refractivity (Wildman–Crippen MR) is 71.2 cm³/mol. The topological polar surface area (TPSA) is 46.2 Å². The van der Waals surface area contributed by atoms with Crippen molar-refractivity contribution in [3.8, 4) is 11.1 Å². The molecular formula is C15H13NO2. The molecule has 0 atom stereocenters. The Morgan fingerprint density at radius 2 is 1.50 bits per heavy atom. The molecule has 18 heavy (non-hydrogen) atoms. The van der Waals surface area contributed by atoms with Gasteiger partial charge in [0, 0.05) is 18.2 Å². The predicted octanol–water partition coefficient (Wildman–Crippen LogP) is 2.88. The normalized spacial score (nSPS) is 9.83. The highest BCUT2D eigenvalue weighted by Crippen LogP contribution is 2.27. The molecule has 2 rings (SSSR count). The number of amides is 1. The molecule has 0 aliphatic rings. The lowest BCUT2D eigenvalue weighted by molar-refractivity contribution is -0.133. The van der Waals surface area contributed by atoms with Gasteiger partial charge in [0.05, 0.1) is 0 Å². The lowest BCUT2D eigenvalue weighted by Gasteiger charge is -2.09. The van der Waals surface area contributed by atoms with Crippen LogP contribution in [-0.4, -0.2) is 11.7 Å². The Bertz CT molecular complexity index is 576. The van der Waals surface area contributed by atoms with Crippen molar-refractivity contribution in [2.24, 2.45) is 0 Å². The summed E-state index contributed by atoms with van der Waals surface area (Å²) in [5.74, 6) is -1.10. The quantitative estimate of drug-likeness (QED) is 0.837. The molecule has 2 aromatic rings. The third kappa shape index (κ3) is 2.63. The van der Waals surface area contributed by atoms with E-state index >= 15 is 0 Å². The third-order valence-electron chi connectivity index (χ3n) is 2.58. The smallest absolute Gasteiger partial charge is 0.291 e. The minimum Gasteiger partial charge on any atom is -0.319 e. The molecule has 0 radical (unpaired) electrons. The molecule has 1 N–H and O–H groups in total. The molecule has 2 aromatic carbocycles. The first-order chi connectivity index (χ1) is 8.68. The average molecular weight is 239 g/mol. The monoisotopic (exact) mass is 239 g/mol. The largest absolute Gasteiger partial charge is 0.319 e. The summed E-state index contributed by atoms with van der Waals surface area (Å²) in [5, 5.41) is 2.62. The maximum absolute atomic E-state index is 11.4. The number of para-hydroxylation sites is 1. The summed E-state index contributed by atoms with van der Waals surface area (Å²) in [4.78, 5) is 22.4. The van der Waals surface area contributed by atoms with Crippen LogP contribution in [0.25, 0.3) is 11.1 Å². The maximum Gasteiger partial charge on any atom is 0.291 e. The molecule has 90 valence electrons. The Morgan fingerprint density at radius 3 is 2.17 bits per heavy atom. The van der Waals surface area contributed by atoms with E-state index < -0.39 is 11.7 Å². The summed E-state index contributed by atoms with van der Waals surface area (Å²) in [5.41, 5.74) is 2.54. The van der Waals surface area contributed by atoms with Crippen molar-refractivity contribution in [3.63, 3.8) is 0 Å². The summed E-state index contributed by atoms with van der Waals surface area (Å²) >= 11 is 0. The summed E-state index contributed by atoms with van der Waals surface area (Å²) in [6, 6.07) is 17.1. The van der Waals surface area contributed by atoms with Crippen molar-refractivity contribution in [2.45, 2.75) is 6.92 Å². The van der Waals surface area contributed by atoms with Crippen molar-refractivity contribution in [3.05, 3.63) is 54.6 Å². The summed E-state index contributed by atoms with van der Waals surface area (Å²) in [7, 11) is 0. The van der Waals surface area contributed by atoms with Crippen LogP contribution in [0.4, 0.5) is 5.69 Å². The number of carbonyl (C=O) groups excluding carboxylic acids is 2. The van der Waals surface area contributed by atoms with Gasteiger partial charge in [-0.25, -0.2) is 0 Å². The highest BCUT2D eigenvalue weighted by Gasteiger charge is 2.10. The zero-order valence-electron chi connectivity index (χ0n) is 10.0. The molecule has 1 amide bonds. The van der Waals surface area contributed by atoms with Crippen molar-refractivity contribution >= 4 is 17.4 Å². The Balaban J connectivity index is 2.38. The molecule has 0 aliphatic heterocycles. The van der Waals surface area contributed by atoms with Gasteiger partial charge >= 0.3 is 0 Å². The number of hydrogen-bond donors (Lipinski definition) is 1. The number of anilines is 1. The number of carbonyl (C=O) groups is 2. The van der Waals surface area contributed by atoms with Crippen LogP contribution in [0.2, 0.25) is 0 Å². The fourth-order valence-corrected chi connectivity index (χ4v) is 1.67. The molecule has 0 fully saturated rings. The second-order valence-electron chi connectivity index (χ2n) is 3.92. The molecule has 0 bridgehead atoms. The van der Waals surface area contributed by atoms with Gasteiger partial charge in [0.1, 0.15) is 0 Å². The molecule has 0 saturated carbocycles. The summed E-state index contributed by atoms with van der Waals surface area (Å²) in [6.07, 6.45) is 0. The Morgan fingerprint density at radius 1 is 0.889 bits per heavy atom. The van der Waals surface area contributed by atoms with Crippen LogP contribution < -0.4 is 5.32 Å². The van der Waals surface area contributed by atoms with Crippen LogP contribution in [-0.2, 0) is 9.59 Å². The van der Waals surface area contributed by atoms with Crippen molar-refractivity contribution in [2.75, 3.05) is 5.32 Å². The van der Waals surface area contributed by atoms with Crippen molar-refractivity contribution in [1.29, 1.82) is 0 Å². The van der Waals surface area contributed by atoms with E-state index in [1.54, 1.807) is 6.07 Å². The summed E-state index contributed by atoms with van der Waals surface area (Å²) in [6.45, 7) is 1.25. The molecule has 0 aromatic heterocycles. The highest BCUT2D eigenvalue weighted by molar-refractivity contribution is 6.40. The van der Waals surface area contributed by atoms with Crippen LogP contribution in [0, 0.1) is 0 Å². The van der Waals surface area contributed by atoms with Crippen molar-refractivity contribution < 1.29 is 9.59 Å². The van der Waals surface area contributed by atoms with Crippen LogP contribution in [0.15, 0.2) is 54.6 Å². The fraction of sp³-hybridized carbons (Fsp3) is 0.0667. The SMILES string of the molecule is CC(=O)C(=O)Nc1ccccc1-c1ccccc1. The van der Waals surface area contributed by atoms with Gasteiger partial charge < -0.3 is 5.32 Å². The van der Waals surface area contributed by atoms with E-state index in [4.69, 9.17) is 0 Å². The lowest BCUT2D eigenvalue weighted by Crippen LogP contribution is -2.20. The molecule has 3 heteroatoms. The summed E-state index contributed by atoms with van der Waals surface area (Å²) < 4.78 is 0. The Hall–Kier alpha value is -2.42. The number of benzene rings is 2. The standard InChI is InChI=1S/C15H13NO2/c1-11(17)15(18)16-14-10-6-5-9-13(14)12-7-3-2-4-8-12/h2-10H,1H3,(H,16,18). The minimum absolute atomic E-state index is 0.502. The van der Waals surface area contributed by atoms with Crippen LogP contribution in [0.1, 0.15) is 6.92 Å². The maximum atomic E-state index is 11.4. The molecule has 0 spiro atoms. The van der Waals surface area contributed by atoms with Gasteiger partial charge in [-0.05, 0) is 11.6 Å². The van der Waals surface area contributed by atoms with Gasteiger partial charge in [0.15, 0.2) is 0 Å². The van der Waals surface area contributed by atoms with Gasteiger partial charge in [-0.2, -0.15) is 0 Å². The second kappa shape index (κ2) is 5.27. The van der Waals surface area contributed by atoms with E-state index in [-0.39, 0.29) is 0 Å². The first-order valence-corrected chi connectivity index (χ1v) is 5.65. The molecule has 0 aliphatic carbocycles. The number of rotatable bonds is 3. The van der Waals surface area contributed by atoms with Gasteiger partial charge in [0.2, 0.25) is 5.78 Å². The van der Waals surface area contributed by atoms with E-state index in [0.29, 0.717) is 5.69 Å². The third-order valence-corrected chi connectivity index (χ3v) is 2.58. The Kier molecular flexibility index (Phi) is 3.53. The van der Waals surface area contributed by atoms with Gasteiger partial charge in [-0.3, -0.25) is 9.59 Å². The molecule has 0 heterocycles. The van der Waals surface area contributed by atoms with E-state index in [1.807, 2.05) is 48.5 Å². The first kappa shape index (κ1) is 12.0. The lowest BCUT2D eigenvalue weighted by atomic mass is 10.0. The highest BCUT2D eigenvalue weighted by atomic mass is 16.2. The van der Waals surface area contributed by atoms with Crippen molar-refractivity contribution in [1.82, 2.24) is 0 Å². The molecular weight excluding hydrogens is 226 g/mol. The minimum atomic E-state index is -0.599. The average Bonchev–Trinajstić information content (AvgIpc) is 2.40. The number of hydrogen-bond acceptors (Lipinski definition) is 2. The van der Waals surface area contributed by atoms with E-state index in [2.05, 4.69) is 5.32 Å². The number of Topliss-reactive ketones (excluding diaryl/α,β-unsaturated/α-hetero) is 1. The van der Waals surface area contributed by atoms with Gasteiger partial charge in [-0.1, -0.05) is 48.5 Å². The van der Waals surface area contributed by atoms with E-state index in [0.717, 1.165) is 11.1 Å². The molecule has 3 nitrogen and oxygen atoms in total. The second-order valence-corrected chi connectivity index (χ2v) is 3.92. The van der Waals surface area contributed by atoms with Gasteiger partial charge in [-0.15, -0.1) is 0 Å². The van der Waals surface area contributed by atoms with Crippen LogP contribution in [0.5, 0.6) is 0 Å². The van der Waals surface area contributed by atoms with E-state index in [1.165, 1.54) is 6.92 Å². The van der Waals surface area contributed by atoms with Crippen LogP contribution >= 0.6 is 0 Å². The first-order valence-electron chi connectivity index (χ1n) is 5.65. The fourth-order valence-electron chi connectivity index (χ4n) is 1.67. The molecule has 0 unspecified atom stereocenters. The van der Waals surface area contributed by atoms with Gasteiger partial charge in [0.25, 0.3) is 5.91 Å². The van der Waals surface area contributed by atoms with Crippen LogP contribution in [0.3, 0.4) is 0 Å². The van der Waals surface area contributed by atoms with E-state index in [9.17, 15) is 9.59 Å².